The highest BCUT2D eigenvalue weighted by molar-refractivity contribution is 7.18. The Balaban J connectivity index is 2.45. The number of hydrogen-bond acceptors (Lipinski definition) is 4. The van der Waals surface area contributed by atoms with Crippen LogP contribution in [0.5, 0.6) is 0 Å². The molecule has 0 saturated heterocycles. The lowest BCUT2D eigenvalue weighted by Gasteiger charge is -2.24. The first-order valence-electron chi connectivity index (χ1n) is 4.95. The lowest BCUT2D eigenvalue weighted by molar-refractivity contribution is 0.326. The normalized spacial score (nSPS) is 14.4. The molecule has 0 radical (unpaired) electrons. The number of aromatic nitrogens is 2. The van der Waals surface area contributed by atoms with Crippen LogP contribution in [0.15, 0.2) is 18.3 Å². The molecule has 4 heteroatoms. The summed E-state index contributed by atoms with van der Waals surface area (Å²) in [5, 5.41) is 0.969. The number of fused-ring (bicyclic) bond motifs is 1. The third-order valence-electron chi connectivity index (χ3n) is 2.38. The van der Waals surface area contributed by atoms with E-state index < -0.39 is 0 Å². The van der Waals surface area contributed by atoms with Crippen LogP contribution >= 0.6 is 11.3 Å². The molecule has 0 aliphatic rings. The molecule has 0 amide bonds. The van der Waals surface area contributed by atoms with Gasteiger partial charge in [0.15, 0.2) is 0 Å². The Labute approximate surface area is 93.4 Å². The summed E-state index contributed by atoms with van der Waals surface area (Å²) in [4.78, 5) is 9.74. The van der Waals surface area contributed by atoms with Gasteiger partial charge >= 0.3 is 0 Å². The highest BCUT2D eigenvalue weighted by atomic mass is 32.1. The van der Waals surface area contributed by atoms with Gasteiger partial charge in [0.1, 0.15) is 15.4 Å². The van der Waals surface area contributed by atoms with Crippen LogP contribution in [0.2, 0.25) is 0 Å². The van der Waals surface area contributed by atoms with Crippen molar-refractivity contribution in [3.63, 3.8) is 0 Å². The fraction of sp³-hybridized carbons (Fsp3) is 0.455. The average Bonchev–Trinajstić information content (AvgIpc) is 2.58. The van der Waals surface area contributed by atoms with Gasteiger partial charge in [-0.2, -0.15) is 0 Å². The van der Waals surface area contributed by atoms with Gasteiger partial charge in [0.05, 0.1) is 6.04 Å². The first-order valence-corrected chi connectivity index (χ1v) is 5.77. The summed E-state index contributed by atoms with van der Waals surface area (Å²) in [6.07, 6.45) is 1.78. The van der Waals surface area contributed by atoms with Crippen molar-refractivity contribution >= 4 is 21.7 Å². The van der Waals surface area contributed by atoms with Crippen molar-refractivity contribution in [2.24, 2.45) is 11.1 Å². The van der Waals surface area contributed by atoms with Gasteiger partial charge in [-0.1, -0.05) is 32.1 Å². The maximum absolute atomic E-state index is 6.16. The molecule has 3 nitrogen and oxygen atoms in total. The number of thiazole rings is 1. The predicted octanol–water partition coefficient (Wildman–Crippen LogP) is 2.74. The van der Waals surface area contributed by atoms with Crippen molar-refractivity contribution in [3.05, 3.63) is 23.3 Å². The molecule has 80 valence electrons. The molecule has 0 fully saturated rings. The number of hydrogen-bond donors (Lipinski definition) is 1. The van der Waals surface area contributed by atoms with Crippen molar-refractivity contribution in [1.82, 2.24) is 9.97 Å². The third kappa shape index (κ3) is 2.01. The molecule has 2 aromatic rings. The Morgan fingerprint density at radius 1 is 1.40 bits per heavy atom. The van der Waals surface area contributed by atoms with Gasteiger partial charge in [0.2, 0.25) is 0 Å². The summed E-state index contributed by atoms with van der Waals surface area (Å²) in [7, 11) is 0. The molecule has 1 atom stereocenters. The Kier molecular flexibility index (Phi) is 2.48. The topological polar surface area (TPSA) is 51.8 Å². The summed E-state index contributed by atoms with van der Waals surface area (Å²) in [6, 6.07) is 3.84. The molecule has 2 N–H and O–H groups in total. The average molecular weight is 221 g/mol. The molecular formula is C11H15N3S. The van der Waals surface area contributed by atoms with E-state index in [-0.39, 0.29) is 11.5 Å². The molecule has 0 bridgehead atoms. The van der Waals surface area contributed by atoms with Gasteiger partial charge in [-0.15, -0.1) is 0 Å². The maximum atomic E-state index is 6.16. The van der Waals surface area contributed by atoms with Crippen molar-refractivity contribution < 1.29 is 0 Å². The van der Waals surface area contributed by atoms with E-state index in [1.165, 1.54) is 0 Å². The van der Waals surface area contributed by atoms with E-state index in [4.69, 9.17) is 5.73 Å². The van der Waals surface area contributed by atoms with Crippen LogP contribution in [0.1, 0.15) is 31.8 Å². The molecule has 2 aromatic heterocycles. The van der Waals surface area contributed by atoms with Crippen LogP contribution in [-0.4, -0.2) is 9.97 Å². The first-order chi connectivity index (χ1) is 6.98. The zero-order chi connectivity index (χ0) is 11.1. The Morgan fingerprint density at radius 3 is 2.73 bits per heavy atom. The van der Waals surface area contributed by atoms with Crippen LogP contribution in [0.3, 0.4) is 0 Å². The fourth-order valence-electron chi connectivity index (χ4n) is 1.29. The van der Waals surface area contributed by atoms with Crippen LogP contribution in [0.4, 0.5) is 0 Å². The zero-order valence-corrected chi connectivity index (χ0v) is 10.0. The molecule has 0 aromatic carbocycles. The lowest BCUT2D eigenvalue weighted by atomic mass is 9.88. The Hall–Kier alpha value is -1.00. The molecule has 2 rings (SSSR count). The highest BCUT2D eigenvalue weighted by Gasteiger charge is 2.25. The smallest absolute Gasteiger partial charge is 0.143 e. The van der Waals surface area contributed by atoms with Crippen molar-refractivity contribution in [2.75, 3.05) is 0 Å². The van der Waals surface area contributed by atoms with Gasteiger partial charge in [-0.05, 0) is 17.5 Å². The minimum Gasteiger partial charge on any atom is -0.322 e. The number of nitrogens with zero attached hydrogens (tertiary/aromatic N) is 2. The molecule has 0 spiro atoms. The second-order valence-corrected chi connectivity index (χ2v) is 5.73. The highest BCUT2D eigenvalue weighted by Crippen LogP contribution is 2.34. The van der Waals surface area contributed by atoms with Crippen LogP contribution < -0.4 is 5.73 Å². The van der Waals surface area contributed by atoms with Crippen LogP contribution in [-0.2, 0) is 0 Å². The second kappa shape index (κ2) is 3.54. The molecule has 15 heavy (non-hydrogen) atoms. The molecule has 0 saturated carbocycles. The second-order valence-electron chi connectivity index (χ2n) is 4.72. The summed E-state index contributed by atoms with van der Waals surface area (Å²) in [5.74, 6) is 0. The van der Waals surface area contributed by atoms with Crippen LogP contribution in [0.25, 0.3) is 10.3 Å². The van der Waals surface area contributed by atoms with E-state index in [2.05, 4.69) is 30.7 Å². The van der Waals surface area contributed by atoms with Crippen LogP contribution in [0, 0.1) is 5.41 Å². The van der Waals surface area contributed by atoms with E-state index >= 15 is 0 Å². The standard InChI is InChI=1S/C11H15N3S/c1-11(2,3)8(12)10-14-7-5-4-6-13-9(7)15-10/h4-6,8H,12H2,1-3H3. The van der Waals surface area contributed by atoms with E-state index in [1.54, 1.807) is 17.5 Å². The van der Waals surface area contributed by atoms with E-state index in [0.29, 0.717) is 0 Å². The summed E-state index contributed by atoms with van der Waals surface area (Å²) in [6.45, 7) is 6.37. The van der Waals surface area contributed by atoms with Crippen molar-refractivity contribution in [3.8, 4) is 0 Å². The zero-order valence-electron chi connectivity index (χ0n) is 9.19. The number of pyridine rings is 1. The summed E-state index contributed by atoms with van der Waals surface area (Å²) >= 11 is 1.59. The van der Waals surface area contributed by atoms with E-state index in [1.807, 2.05) is 12.1 Å². The third-order valence-corrected chi connectivity index (χ3v) is 3.44. The van der Waals surface area contributed by atoms with Gasteiger partial charge < -0.3 is 5.73 Å². The van der Waals surface area contributed by atoms with E-state index in [0.717, 1.165) is 15.4 Å². The Morgan fingerprint density at radius 2 is 2.13 bits per heavy atom. The minimum absolute atomic E-state index is 0.0308. The largest absolute Gasteiger partial charge is 0.322 e. The molecular weight excluding hydrogens is 206 g/mol. The molecule has 0 aliphatic carbocycles. The lowest BCUT2D eigenvalue weighted by Crippen LogP contribution is -2.25. The molecule has 1 unspecified atom stereocenters. The monoisotopic (exact) mass is 221 g/mol. The number of rotatable bonds is 1. The van der Waals surface area contributed by atoms with E-state index in [9.17, 15) is 0 Å². The van der Waals surface area contributed by atoms with Gasteiger partial charge in [-0.25, -0.2) is 9.97 Å². The van der Waals surface area contributed by atoms with Crippen molar-refractivity contribution in [1.29, 1.82) is 0 Å². The fourth-order valence-corrected chi connectivity index (χ4v) is 2.44. The summed E-state index contributed by atoms with van der Waals surface area (Å²) in [5.41, 5.74) is 7.13. The minimum atomic E-state index is -0.0308. The first kappa shape index (κ1) is 10.5. The van der Waals surface area contributed by atoms with Gasteiger partial charge in [-0.3, -0.25) is 0 Å². The quantitative estimate of drug-likeness (QED) is 0.805. The van der Waals surface area contributed by atoms with Crippen molar-refractivity contribution in [2.45, 2.75) is 26.8 Å². The molecule has 0 aliphatic heterocycles. The maximum Gasteiger partial charge on any atom is 0.143 e. The van der Waals surface area contributed by atoms with Gasteiger partial charge in [0.25, 0.3) is 0 Å². The molecule has 2 heterocycles. The Bertz CT molecular complexity index is 437. The predicted molar refractivity (Wildman–Crippen MR) is 63.8 cm³/mol. The number of nitrogens with two attached hydrogens (primary N) is 1. The SMILES string of the molecule is CC(C)(C)C(N)c1nc2cccnc2s1. The summed E-state index contributed by atoms with van der Waals surface area (Å²) < 4.78 is 0. The van der Waals surface area contributed by atoms with Gasteiger partial charge in [0, 0.05) is 6.20 Å².